The minimum absolute atomic E-state index is 0.0260. The van der Waals surface area contributed by atoms with E-state index in [1.807, 2.05) is 41.4 Å². The van der Waals surface area contributed by atoms with Crippen molar-refractivity contribution >= 4 is 29.5 Å². The van der Waals surface area contributed by atoms with E-state index in [2.05, 4.69) is 14.8 Å². The highest BCUT2D eigenvalue weighted by atomic mass is 35.5. The van der Waals surface area contributed by atoms with Crippen molar-refractivity contribution in [2.24, 2.45) is 0 Å². The lowest BCUT2D eigenvalue weighted by Crippen LogP contribution is -2.52. The van der Waals surface area contributed by atoms with E-state index in [4.69, 9.17) is 16.6 Å². The lowest BCUT2D eigenvalue weighted by atomic mass is 9.91. The second kappa shape index (κ2) is 9.59. The molecular formula is C25H30ClN5O. The smallest absolute Gasteiger partial charge is 0.246 e. The highest BCUT2D eigenvalue weighted by molar-refractivity contribution is 6.30. The number of carbonyl (C=O) groups excluding carboxylic acids is 1. The fraction of sp³-hybridized carbons (Fsp3) is 0.480. The first-order valence-electron chi connectivity index (χ1n) is 11.7. The van der Waals surface area contributed by atoms with Crippen LogP contribution in [-0.2, 0) is 17.6 Å². The van der Waals surface area contributed by atoms with Crippen LogP contribution in [0.2, 0.25) is 5.02 Å². The molecule has 1 aromatic heterocycles. The van der Waals surface area contributed by atoms with Crippen LogP contribution in [0.3, 0.4) is 0 Å². The maximum absolute atomic E-state index is 12.7. The van der Waals surface area contributed by atoms with Crippen molar-refractivity contribution < 1.29 is 4.79 Å². The number of hydrogen-bond donors (Lipinski definition) is 0. The molecule has 2 aliphatic heterocycles. The molecule has 1 aliphatic carbocycles. The first-order valence-corrected chi connectivity index (χ1v) is 12.1. The molecule has 0 radical (unpaired) electrons. The van der Waals surface area contributed by atoms with Gasteiger partial charge >= 0.3 is 0 Å². The van der Waals surface area contributed by atoms with Gasteiger partial charge in [0.25, 0.3) is 0 Å². The molecule has 3 heterocycles. The van der Waals surface area contributed by atoms with Crippen molar-refractivity contribution in [3.8, 4) is 0 Å². The van der Waals surface area contributed by atoms with Gasteiger partial charge < -0.3 is 9.80 Å². The molecule has 0 unspecified atom stereocenters. The van der Waals surface area contributed by atoms with Gasteiger partial charge in [0.2, 0.25) is 11.9 Å². The second-order valence-corrected chi connectivity index (χ2v) is 9.40. The summed E-state index contributed by atoms with van der Waals surface area (Å²) in [6, 6.07) is 8.32. The maximum Gasteiger partial charge on any atom is 0.246 e. The average molecular weight is 452 g/mol. The molecule has 32 heavy (non-hydrogen) atoms. The van der Waals surface area contributed by atoms with Crippen molar-refractivity contribution in [3.05, 3.63) is 58.4 Å². The van der Waals surface area contributed by atoms with Gasteiger partial charge in [-0.05, 0) is 48.6 Å². The van der Waals surface area contributed by atoms with Gasteiger partial charge in [-0.3, -0.25) is 9.69 Å². The van der Waals surface area contributed by atoms with Crippen molar-refractivity contribution in [1.29, 1.82) is 0 Å². The Bertz CT molecular complexity index is 998. The number of aromatic nitrogens is 2. The normalized spacial score (nSPS) is 20.2. The Hall–Kier alpha value is -2.44. The van der Waals surface area contributed by atoms with Crippen molar-refractivity contribution in [2.75, 3.05) is 44.2 Å². The topological polar surface area (TPSA) is 52.6 Å². The first-order chi connectivity index (χ1) is 15.7. The lowest BCUT2D eigenvalue weighted by Gasteiger charge is -2.43. The van der Waals surface area contributed by atoms with E-state index in [1.54, 1.807) is 6.08 Å². The van der Waals surface area contributed by atoms with Crippen molar-refractivity contribution in [3.63, 3.8) is 0 Å². The molecule has 7 heteroatoms. The van der Waals surface area contributed by atoms with E-state index in [-0.39, 0.29) is 5.91 Å². The van der Waals surface area contributed by atoms with Gasteiger partial charge in [0, 0.05) is 69.0 Å². The molecule has 1 saturated heterocycles. The van der Waals surface area contributed by atoms with Gasteiger partial charge in [0.1, 0.15) is 0 Å². The van der Waals surface area contributed by atoms with E-state index in [0.29, 0.717) is 18.1 Å². The molecule has 168 valence electrons. The van der Waals surface area contributed by atoms with Crippen LogP contribution in [0, 0.1) is 0 Å². The fourth-order valence-corrected chi connectivity index (χ4v) is 4.96. The highest BCUT2D eigenvalue weighted by Crippen LogP contribution is 2.26. The molecule has 0 atom stereocenters. The zero-order valence-corrected chi connectivity index (χ0v) is 19.2. The predicted molar refractivity (Wildman–Crippen MR) is 128 cm³/mol. The van der Waals surface area contributed by atoms with Crippen LogP contribution in [0.1, 0.15) is 36.1 Å². The van der Waals surface area contributed by atoms with Crippen molar-refractivity contribution in [1.82, 2.24) is 19.8 Å². The summed E-state index contributed by atoms with van der Waals surface area (Å²) in [5.41, 5.74) is 3.18. The summed E-state index contributed by atoms with van der Waals surface area (Å²) in [5, 5.41) is 0.670. The number of rotatable bonds is 4. The predicted octanol–water partition coefficient (Wildman–Crippen LogP) is 3.45. The number of benzene rings is 1. The number of nitrogens with zero attached hydrogens (tertiary/aromatic N) is 5. The molecule has 0 spiro atoms. The van der Waals surface area contributed by atoms with Gasteiger partial charge in [-0.2, -0.15) is 0 Å². The van der Waals surface area contributed by atoms with Crippen LogP contribution in [0.15, 0.2) is 36.5 Å². The third kappa shape index (κ3) is 4.81. The van der Waals surface area contributed by atoms with Crippen LogP contribution >= 0.6 is 11.6 Å². The molecule has 1 aromatic carbocycles. The zero-order valence-electron chi connectivity index (χ0n) is 18.4. The fourth-order valence-electron chi connectivity index (χ4n) is 4.76. The monoisotopic (exact) mass is 451 g/mol. The lowest BCUT2D eigenvalue weighted by molar-refractivity contribution is -0.125. The Balaban J connectivity index is 1.19. The third-order valence-electron chi connectivity index (χ3n) is 6.98. The summed E-state index contributed by atoms with van der Waals surface area (Å²) >= 11 is 6.03. The number of anilines is 1. The van der Waals surface area contributed by atoms with Gasteiger partial charge in [0.05, 0.1) is 5.69 Å². The average Bonchev–Trinajstić information content (AvgIpc) is 2.99. The van der Waals surface area contributed by atoms with E-state index >= 15 is 0 Å². The van der Waals surface area contributed by atoms with Gasteiger partial charge in [-0.1, -0.05) is 30.2 Å². The van der Waals surface area contributed by atoms with E-state index in [0.717, 1.165) is 67.8 Å². The second-order valence-electron chi connectivity index (χ2n) is 8.96. The summed E-state index contributed by atoms with van der Waals surface area (Å²) in [7, 11) is 0. The van der Waals surface area contributed by atoms with E-state index in [1.165, 1.54) is 19.3 Å². The molecule has 1 amide bonds. The number of amides is 1. The van der Waals surface area contributed by atoms with Crippen LogP contribution in [0.25, 0.3) is 6.08 Å². The minimum Gasteiger partial charge on any atom is -0.338 e. The number of piperazine rings is 1. The SMILES string of the molecule is O=C(C=Cc1cccc(Cl)c1)N1CCc2cnc(N3CCN(C4CCC4)CC3)nc2CC1. The van der Waals surface area contributed by atoms with Gasteiger partial charge in [-0.25, -0.2) is 9.97 Å². The standard InChI is InChI=1S/C25H30ClN5O/c26-21-4-1-3-19(17-21)7-8-24(32)30-11-9-20-18-27-25(28-23(20)10-12-30)31-15-13-29(14-16-31)22-5-2-6-22/h1,3-4,7-8,17-18,22H,2,5-6,9-16H2. The van der Waals surface area contributed by atoms with Gasteiger partial charge in [-0.15, -0.1) is 0 Å². The van der Waals surface area contributed by atoms with Gasteiger partial charge in [0.15, 0.2) is 0 Å². The molecule has 1 saturated carbocycles. The summed E-state index contributed by atoms with van der Waals surface area (Å²) < 4.78 is 0. The molecule has 3 aliphatic rings. The van der Waals surface area contributed by atoms with Crippen LogP contribution in [0.4, 0.5) is 5.95 Å². The Morgan fingerprint density at radius 1 is 1.06 bits per heavy atom. The Morgan fingerprint density at radius 2 is 1.88 bits per heavy atom. The summed E-state index contributed by atoms with van der Waals surface area (Å²) in [4.78, 5) is 29.2. The summed E-state index contributed by atoms with van der Waals surface area (Å²) in [6.45, 7) is 5.56. The van der Waals surface area contributed by atoms with Crippen molar-refractivity contribution in [2.45, 2.75) is 38.1 Å². The minimum atomic E-state index is 0.0260. The number of carbonyl (C=O) groups is 1. The number of fused-ring (bicyclic) bond motifs is 1. The quantitative estimate of drug-likeness (QED) is 0.666. The Kier molecular flexibility index (Phi) is 6.42. The van der Waals surface area contributed by atoms with E-state index in [9.17, 15) is 4.79 Å². The van der Waals surface area contributed by atoms with Crippen LogP contribution < -0.4 is 4.90 Å². The Labute approximate surface area is 194 Å². The molecule has 0 bridgehead atoms. The van der Waals surface area contributed by atoms with Crippen LogP contribution in [-0.4, -0.2) is 71.0 Å². The molecule has 2 aromatic rings. The van der Waals surface area contributed by atoms with Crippen LogP contribution in [0.5, 0.6) is 0 Å². The Morgan fingerprint density at radius 3 is 2.62 bits per heavy atom. The zero-order chi connectivity index (χ0) is 21.9. The number of halogens is 1. The summed E-state index contributed by atoms with van der Waals surface area (Å²) in [5.74, 6) is 0.871. The summed E-state index contributed by atoms with van der Waals surface area (Å²) in [6.07, 6.45) is 11.1. The van der Waals surface area contributed by atoms with E-state index < -0.39 is 0 Å². The highest BCUT2D eigenvalue weighted by Gasteiger charge is 2.29. The molecule has 6 nitrogen and oxygen atoms in total. The largest absolute Gasteiger partial charge is 0.338 e. The molecule has 5 rings (SSSR count). The molecule has 2 fully saturated rings. The maximum atomic E-state index is 12.7. The molecular weight excluding hydrogens is 422 g/mol. The third-order valence-corrected chi connectivity index (χ3v) is 7.21. The first kappa shape index (κ1) is 21.4. The molecule has 0 N–H and O–H groups in total. The number of hydrogen-bond acceptors (Lipinski definition) is 5.